The molecule has 1 nitrogen and oxygen atoms in total. The molecule has 0 aliphatic carbocycles. The Labute approximate surface area is 109 Å². The summed E-state index contributed by atoms with van der Waals surface area (Å²) >= 11 is 0. The van der Waals surface area contributed by atoms with Gasteiger partial charge in [-0.15, -0.1) is 0 Å². The van der Waals surface area contributed by atoms with Crippen LogP contribution >= 0.6 is 0 Å². The molecule has 0 spiro atoms. The third-order valence-corrected chi connectivity index (χ3v) is 0.827. The van der Waals surface area contributed by atoms with Gasteiger partial charge in [-0.05, 0) is 12.8 Å². The number of hydrogen-bond acceptors (Lipinski definition) is 1. The molecule has 1 aliphatic rings. The van der Waals surface area contributed by atoms with Gasteiger partial charge in [-0.1, -0.05) is 0 Å². The summed E-state index contributed by atoms with van der Waals surface area (Å²) in [5, 5.41) is 0. The Kier molecular flexibility index (Phi) is 15.1. The van der Waals surface area contributed by atoms with Gasteiger partial charge >= 0.3 is 80.9 Å². The van der Waals surface area contributed by atoms with Gasteiger partial charge in [0.15, 0.2) is 0 Å². The summed E-state index contributed by atoms with van der Waals surface area (Å²) in [6.07, 6.45) is 2.56. The topological polar surface area (TPSA) is 9.23 Å². The molecule has 1 fully saturated rings. The van der Waals surface area contributed by atoms with Crippen molar-refractivity contribution >= 4 is 80.9 Å². The molecule has 0 amide bonds. The van der Waals surface area contributed by atoms with Gasteiger partial charge in [-0.3, -0.25) is 0 Å². The van der Waals surface area contributed by atoms with Crippen LogP contribution in [0, 0.1) is 0 Å². The molecule has 0 aromatic rings. The second-order valence-corrected chi connectivity index (χ2v) is 1.32. The third kappa shape index (κ3) is 6.48. The average molecular weight is 136 g/mol. The van der Waals surface area contributed by atoms with Gasteiger partial charge in [0.25, 0.3) is 0 Å². The zero-order valence-corrected chi connectivity index (χ0v) is 3.24. The van der Waals surface area contributed by atoms with E-state index < -0.39 is 0 Å². The Morgan fingerprint density at radius 3 is 1.57 bits per heavy atom. The predicted octanol–water partition coefficient (Wildman–Crippen LogP) is -0.500. The van der Waals surface area contributed by atoms with Crippen LogP contribution in [0.25, 0.3) is 0 Å². The molecular formula is C4H10KNaO. The van der Waals surface area contributed by atoms with Crippen LogP contribution in [0.3, 0.4) is 0 Å². The molecule has 1 aliphatic heterocycles. The van der Waals surface area contributed by atoms with Crippen molar-refractivity contribution in [2.75, 3.05) is 13.2 Å². The zero-order chi connectivity index (χ0) is 3.54. The monoisotopic (exact) mass is 136 g/mol. The standard InChI is InChI=1S/C4H8O.K.Na.2H/c1-2-4-5-3-1;;;;/h1-4H2;;;;. The summed E-state index contributed by atoms with van der Waals surface area (Å²) < 4.78 is 4.94. The number of hydrogen-bond donors (Lipinski definition) is 0. The van der Waals surface area contributed by atoms with Crippen molar-refractivity contribution in [3.05, 3.63) is 0 Å². The second-order valence-electron chi connectivity index (χ2n) is 1.32. The molecule has 0 aromatic carbocycles. The van der Waals surface area contributed by atoms with Crippen LogP contribution in [0.2, 0.25) is 0 Å². The van der Waals surface area contributed by atoms with E-state index in [2.05, 4.69) is 0 Å². The Balaban J connectivity index is 0. The average Bonchev–Trinajstić information content (AvgIpc) is 1.76. The maximum atomic E-state index is 4.94. The number of rotatable bonds is 0. The first-order valence-electron chi connectivity index (χ1n) is 2.08. The van der Waals surface area contributed by atoms with E-state index in [-0.39, 0.29) is 80.9 Å². The van der Waals surface area contributed by atoms with E-state index in [9.17, 15) is 0 Å². The number of ether oxygens (including phenoxy) is 1. The van der Waals surface area contributed by atoms with Crippen molar-refractivity contribution in [1.29, 1.82) is 0 Å². The maximum absolute atomic E-state index is 4.94. The van der Waals surface area contributed by atoms with E-state index in [0.29, 0.717) is 0 Å². The molecule has 1 heterocycles. The first kappa shape index (κ1) is 12.3. The molecule has 0 unspecified atom stereocenters. The summed E-state index contributed by atoms with van der Waals surface area (Å²) in [6.45, 7) is 2.00. The fourth-order valence-electron chi connectivity index (χ4n) is 0.510. The molecule has 0 aromatic heterocycles. The van der Waals surface area contributed by atoms with Crippen LogP contribution in [0.1, 0.15) is 12.8 Å². The van der Waals surface area contributed by atoms with Crippen molar-refractivity contribution in [1.82, 2.24) is 0 Å². The SMILES string of the molecule is C1CCOC1.[KH].[NaH]. The second kappa shape index (κ2) is 8.60. The van der Waals surface area contributed by atoms with Gasteiger partial charge < -0.3 is 4.74 Å². The zero-order valence-electron chi connectivity index (χ0n) is 3.24. The molecule has 0 bridgehead atoms. The molecular weight excluding hydrogens is 126 g/mol. The van der Waals surface area contributed by atoms with Crippen LogP contribution in [-0.4, -0.2) is 94.2 Å². The van der Waals surface area contributed by atoms with E-state index in [4.69, 9.17) is 4.74 Å². The van der Waals surface area contributed by atoms with E-state index in [1.54, 1.807) is 0 Å². The van der Waals surface area contributed by atoms with Crippen LogP contribution < -0.4 is 0 Å². The summed E-state index contributed by atoms with van der Waals surface area (Å²) in [7, 11) is 0. The Bertz CT molecular complexity index is 23.3. The van der Waals surface area contributed by atoms with Gasteiger partial charge in [0.05, 0.1) is 0 Å². The molecule has 1 rings (SSSR count). The molecule has 0 atom stereocenters. The van der Waals surface area contributed by atoms with E-state index >= 15 is 0 Å². The quantitative estimate of drug-likeness (QED) is 0.408. The van der Waals surface area contributed by atoms with Crippen LogP contribution in [0.4, 0.5) is 0 Å². The Morgan fingerprint density at radius 2 is 1.43 bits per heavy atom. The molecule has 0 saturated carbocycles. The fourth-order valence-corrected chi connectivity index (χ4v) is 0.510. The molecule has 34 valence electrons. The molecule has 1 saturated heterocycles. The van der Waals surface area contributed by atoms with Crippen molar-refractivity contribution in [2.24, 2.45) is 0 Å². The summed E-state index contributed by atoms with van der Waals surface area (Å²) in [4.78, 5) is 0. The van der Waals surface area contributed by atoms with Gasteiger partial charge in [0, 0.05) is 13.2 Å². The van der Waals surface area contributed by atoms with E-state index in [1.807, 2.05) is 0 Å². The third-order valence-electron chi connectivity index (χ3n) is 0.827. The normalized spacial score (nSPS) is 17.1. The predicted molar refractivity (Wildman–Crippen MR) is 34.4 cm³/mol. The minimum absolute atomic E-state index is 0. The van der Waals surface area contributed by atoms with Crippen LogP contribution in [0.15, 0.2) is 0 Å². The van der Waals surface area contributed by atoms with Crippen molar-refractivity contribution in [3.63, 3.8) is 0 Å². The van der Waals surface area contributed by atoms with Gasteiger partial charge in [-0.2, -0.15) is 0 Å². The minimum atomic E-state index is 0. The Morgan fingerprint density at radius 1 is 1.00 bits per heavy atom. The van der Waals surface area contributed by atoms with Gasteiger partial charge in [0.2, 0.25) is 0 Å². The summed E-state index contributed by atoms with van der Waals surface area (Å²) in [6, 6.07) is 0. The first-order chi connectivity index (χ1) is 2.50. The van der Waals surface area contributed by atoms with Gasteiger partial charge in [0.1, 0.15) is 0 Å². The van der Waals surface area contributed by atoms with E-state index in [0.717, 1.165) is 13.2 Å². The molecule has 3 heteroatoms. The van der Waals surface area contributed by atoms with Gasteiger partial charge in [-0.25, -0.2) is 0 Å². The summed E-state index contributed by atoms with van der Waals surface area (Å²) in [5.41, 5.74) is 0. The summed E-state index contributed by atoms with van der Waals surface area (Å²) in [5.74, 6) is 0. The van der Waals surface area contributed by atoms with E-state index in [1.165, 1.54) is 12.8 Å². The molecule has 0 N–H and O–H groups in total. The molecule has 7 heavy (non-hydrogen) atoms. The fraction of sp³-hybridized carbons (Fsp3) is 1.00. The van der Waals surface area contributed by atoms with Crippen molar-refractivity contribution in [3.8, 4) is 0 Å². The van der Waals surface area contributed by atoms with Crippen molar-refractivity contribution in [2.45, 2.75) is 12.8 Å². The van der Waals surface area contributed by atoms with Crippen LogP contribution in [-0.2, 0) is 4.74 Å². The van der Waals surface area contributed by atoms with Crippen molar-refractivity contribution < 1.29 is 4.74 Å². The molecule has 0 radical (unpaired) electrons. The Hall–Kier alpha value is 2.60. The van der Waals surface area contributed by atoms with Crippen LogP contribution in [0.5, 0.6) is 0 Å². The first-order valence-corrected chi connectivity index (χ1v) is 2.08.